The monoisotopic (exact) mass is 274 g/mol. The zero-order valence-corrected chi connectivity index (χ0v) is 11.8. The first-order valence-electron chi connectivity index (χ1n) is 5.62. The first-order valence-corrected chi connectivity index (χ1v) is 7.10. The smallest absolute Gasteiger partial charge is 0.245 e. The molecule has 1 unspecified atom stereocenters. The predicted octanol–water partition coefficient (Wildman–Crippen LogP) is 2.12. The molecule has 1 aromatic carbocycles. The van der Waals surface area contributed by atoms with Crippen molar-refractivity contribution < 1.29 is 12.8 Å². The molecule has 0 saturated carbocycles. The maximum atomic E-state index is 13.6. The maximum absolute atomic E-state index is 13.6. The summed E-state index contributed by atoms with van der Waals surface area (Å²) in [5.74, 6) is -0.844. The molecule has 0 radical (unpaired) electrons. The van der Waals surface area contributed by atoms with Crippen LogP contribution >= 0.6 is 0 Å². The summed E-state index contributed by atoms with van der Waals surface area (Å²) in [5.41, 5.74) is 5.17. The van der Waals surface area contributed by atoms with Gasteiger partial charge in [-0.1, -0.05) is 26.8 Å². The van der Waals surface area contributed by atoms with Gasteiger partial charge in [-0.25, -0.2) is 17.5 Å². The highest BCUT2D eigenvalue weighted by molar-refractivity contribution is 7.89. The van der Waals surface area contributed by atoms with Gasteiger partial charge in [0.05, 0.1) is 5.69 Å². The largest absolute Gasteiger partial charge is 0.398 e. The van der Waals surface area contributed by atoms with Crippen molar-refractivity contribution in [3.8, 4) is 0 Å². The van der Waals surface area contributed by atoms with Crippen molar-refractivity contribution in [2.24, 2.45) is 5.41 Å². The van der Waals surface area contributed by atoms with Crippen LogP contribution in [0.3, 0.4) is 0 Å². The Balaban J connectivity index is 3.16. The molecule has 6 heteroatoms. The number of anilines is 1. The minimum absolute atomic E-state index is 0.0939. The van der Waals surface area contributed by atoms with Gasteiger partial charge in [0, 0.05) is 6.04 Å². The number of nitrogens with one attached hydrogen (secondary N) is 1. The Bertz CT molecular complexity index is 515. The Morgan fingerprint density at radius 1 is 1.33 bits per heavy atom. The summed E-state index contributed by atoms with van der Waals surface area (Å²) in [5, 5.41) is 0. The van der Waals surface area contributed by atoms with Crippen molar-refractivity contribution in [3.63, 3.8) is 0 Å². The fourth-order valence-electron chi connectivity index (χ4n) is 1.28. The van der Waals surface area contributed by atoms with Gasteiger partial charge >= 0.3 is 0 Å². The molecule has 0 bridgehead atoms. The molecule has 0 aliphatic heterocycles. The highest BCUT2D eigenvalue weighted by Gasteiger charge is 2.29. The number of nitrogen functional groups attached to an aromatic ring is 1. The second-order valence-corrected chi connectivity index (χ2v) is 7.02. The number of rotatable bonds is 3. The van der Waals surface area contributed by atoms with Gasteiger partial charge in [-0.2, -0.15) is 0 Å². The SMILES string of the molecule is CC(NS(=O)(=O)c1c(N)cccc1F)C(C)(C)C. The van der Waals surface area contributed by atoms with Gasteiger partial charge in [0.25, 0.3) is 0 Å². The van der Waals surface area contributed by atoms with Crippen LogP contribution < -0.4 is 10.5 Å². The van der Waals surface area contributed by atoms with E-state index in [2.05, 4.69) is 4.72 Å². The molecule has 0 aliphatic rings. The van der Waals surface area contributed by atoms with Crippen molar-refractivity contribution in [3.05, 3.63) is 24.0 Å². The van der Waals surface area contributed by atoms with E-state index in [9.17, 15) is 12.8 Å². The third-order valence-corrected chi connectivity index (χ3v) is 4.53. The lowest BCUT2D eigenvalue weighted by molar-refractivity contribution is 0.317. The summed E-state index contributed by atoms with van der Waals surface area (Å²) in [6, 6.07) is 3.46. The van der Waals surface area contributed by atoms with Crippen molar-refractivity contribution in [2.45, 2.75) is 38.6 Å². The lowest BCUT2D eigenvalue weighted by Crippen LogP contribution is -2.41. The maximum Gasteiger partial charge on any atom is 0.245 e. The fraction of sp³-hybridized carbons (Fsp3) is 0.500. The van der Waals surface area contributed by atoms with Gasteiger partial charge in [-0.15, -0.1) is 0 Å². The van der Waals surface area contributed by atoms with Crippen LogP contribution in [0.4, 0.5) is 10.1 Å². The highest BCUT2D eigenvalue weighted by atomic mass is 32.2. The van der Waals surface area contributed by atoms with E-state index in [0.717, 1.165) is 6.07 Å². The standard InChI is InChI=1S/C12H19FN2O2S/c1-8(12(2,3)4)15-18(16,17)11-9(13)6-5-7-10(11)14/h5-8,15H,14H2,1-4H3. The predicted molar refractivity (Wildman–Crippen MR) is 70.1 cm³/mol. The Labute approximate surface area is 107 Å². The van der Waals surface area contributed by atoms with E-state index in [1.807, 2.05) is 20.8 Å². The molecular weight excluding hydrogens is 255 g/mol. The molecule has 1 atom stereocenters. The van der Waals surface area contributed by atoms with E-state index in [-0.39, 0.29) is 17.1 Å². The van der Waals surface area contributed by atoms with Crippen molar-refractivity contribution in [2.75, 3.05) is 5.73 Å². The molecule has 0 spiro atoms. The molecule has 1 aromatic rings. The van der Waals surface area contributed by atoms with Gasteiger partial charge in [0.15, 0.2) is 0 Å². The quantitative estimate of drug-likeness (QED) is 0.829. The molecular formula is C12H19FN2O2S. The summed E-state index contributed by atoms with van der Waals surface area (Å²) in [7, 11) is -3.95. The third kappa shape index (κ3) is 3.20. The van der Waals surface area contributed by atoms with E-state index in [1.165, 1.54) is 12.1 Å². The Kier molecular flexibility index (Phi) is 4.02. The van der Waals surface area contributed by atoms with E-state index in [0.29, 0.717) is 0 Å². The molecule has 3 N–H and O–H groups in total. The molecule has 4 nitrogen and oxygen atoms in total. The number of nitrogens with two attached hydrogens (primary N) is 1. The van der Waals surface area contributed by atoms with E-state index >= 15 is 0 Å². The van der Waals surface area contributed by atoms with Gasteiger partial charge < -0.3 is 5.73 Å². The van der Waals surface area contributed by atoms with Crippen LogP contribution in [0.1, 0.15) is 27.7 Å². The highest BCUT2D eigenvalue weighted by Crippen LogP contribution is 2.25. The van der Waals surface area contributed by atoms with Crippen LogP contribution in [0.25, 0.3) is 0 Å². The molecule has 102 valence electrons. The second kappa shape index (κ2) is 4.85. The molecule has 0 heterocycles. The number of hydrogen-bond acceptors (Lipinski definition) is 3. The second-order valence-electron chi connectivity index (χ2n) is 5.37. The average Bonchev–Trinajstić information content (AvgIpc) is 2.14. The normalized spacial score (nSPS) is 14.5. The Morgan fingerprint density at radius 2 is 1.89 bits per heavy atom. The summed E-state index contributed by atoms with van der Waals surface area (Å²) in [4.78, 5) is -0.485. The molecule has 0 saturated heterocycles. The van der Waals surface area contributed by atoms with Gasteiger partial charge in [0.2, 0.25) is 10.0 Å². The zero-order valence-electron chi connectivity index (χ0n) is 11.0. The molecule has 0 aliphatic carbocycles. The Hall–Kier alpha value is -1.14. The lowest BCUT2D eigenvalue weighted by Gasteiger charge is -2.28. The average molecular weight is 274 g/mol. The minimum atomic E-state index is -3.95. The third-order valence-electron chi connectivity index (χ3n) is 2.90. The Morgan fingerprint density at radius 3 is 2.33 bits per heavy atom. The first-order chi connectivity index (χ1) is 8.05. The number of benzene rings is 1. The molecule has 0 aromatic heterocycles. The van der Waals surface area contributed by atoms with Crippen LogP contribution in [0.15, 0.2) is 23.1 Å². The molecule has 18 heavy (non-hydrogen) atoms. The summed E-state index contributed by atoms with van der Waals surface area (Å²) in [6.45, 7) is 7.41. The van der Waals surface area contributed by atoms with E-state index in [4.69, 9.17) is 5.73 Å². The first kappa shape index (κ1) is 14.9. The number of halogens is 1. The summed E-state index contributed by atoms with van der Waals surface area (Å²) in [6.07, 6.45) is 0. The van der Waals surface area contributed by atoms with Crippen molar-refractivity contribution in [1.82, 2.24) is 4.72 Å². The van der Waals surface area contributed by atoms with Gasteiger partial charge in [-0.05, 0) is 24.5 Å². The molecule has 1 rings (SSSR count). The van der Waals surface area contributed by atoms with Crippen LogP contribution in [-0.2, 0) is 10.0 Å². The zero-order chi connectivity index (χ0) is 14.1. The van der Waals surface area contributed by atoms with Gasteiger partial charge in [0.1, 0.15) is 10.7 Å². The van der Waals surface area contributed by atoms with Crippen LogP contribution in [0.2, 0.25) is 0 Å². The van der Waals surface area contributed by atoms with Crippen LogP contribution in [0.5, 0.6) is 0 Å². The minimum Gasteiger partial charge on any atom is -0.398 e. The number of sulfonamides is 1. The summed E-state index contributed by atoms with van der Waals surface area (Å²) >= 11 is 0. The lowest BCUT2D eigenvalue weighted by atomic mass is 9.89. The van der Waals surface area contributed by atoms with Crippen molar-refractivity contribution in [1.29, 1.82) is 0 Å². The van der Waals surface area contributed by atoms with Gasteiger partial charge in [-0.3, -0.25) is 0 Å². The van der Waals surface area contributed by atoms with E-state index in [1.54, 1.807) is 6.92 Å². The van der Waals surface area contributed by atoms with Crippen LogP contribution in [-0.4, -0.2) is 14.5 Å². The molecule has 0 fully saturated rings. The number of hydrogen-bond donors (Lipinski definition) is 2. The summed E-state index contributed by atoms with van der Waals surface area (Å²) < 4.78 is 40.2. The fourth-order valence-corrected chi connectivity index (χ4v) is 2.92. The van der Waals surface area contributed by atoms with Crippen LogP contribution in [0, 0.1) is 11.2 Å². The van der Waals surface area contributed by atoms with Crippen molar-refractivity contribution >= 4 is 15.7 Å². The van der Waals surface area contributed by atoms with E-state index < -0.39 is 20.7 Å². The molecule has 0 amide bonds. The topological polar surface area (TPSA) is 72.2 Å².